The fraction of sp³-hybridized carbons (Fsp3) is 0.438. The van der Waals surface area contributed by atoms with Gasteiger partial charge in [-0.3, -0.25) is 4.79 Å². The van der Waals surface area contributed by atoms with Crippen LogP contribution in [0.4, 0.5) is 5.13 Å². The van der Waals surface area contributed by atoms with Crippen LogP contribution in [-0.4, -0.2) is 31.1 Å². The van der Waals surface area contributed by atoms with Crippen LogP contribution in [0.25, 0.3) is 0 Å². The lowest BCUT2D eigenvalue weighted by Crippen LogP contribution is -2.27. The molecule has 25 heavy (non-hydrogen) atoms. The number of nitrogens with zero attached hydrogens (tertiary/aromatic N) is 2. The lowest BCUT2D eigenvalue weighted by molar-refractivity contribution is -0.116. The van der Waals surface area contributed by atoms with Gasteiger partial charge in [-0.05, 0) is 25.0 Å². The first-order valence-electron chi connectivity index (χ1n) is 7.95. The minimum absolute atomic E-state index is 0.0136. The fourth-order valence-corrected chi connectivity index (χ4v) is 4.02. The van der Waals surface area contributed by atoms with Crippen LogP contribution in [0.3, 0.4) is 0 Å². The molecule has 0 bridgehead atoms. The first kappa shape index (κ1) is 19.5. The van der Waals surface area contributed by atoms with Crippen molar-refractivity contribution in [3.05, 3.63) is 34.8 Å². The predicted octanol–water partition coefficient (Wildman–Crippen LogP) is 2.35. The first-order chi connectivity index (χ1) is 11.8. The minimum atomic E-state index is -3.61. The number of anilines is 1. The summed E-state index contributed by atoms with van der Waals surface area (Å²) in [4.78, 5) is 12.1. The number of sulfonamides is 1. The summed E-state index contributed by atoms with van der Waals surface area (Å²) in [5, 5.41) is 11.9. The average molecular weight is 383 g/mol. The zero-order valence-electron chi connectivity index (χ0n) is 14.4. The van der Waals surface area contributed by atoms with E-state index < -0.39 is 10.0 Å². The van der Waals surface area contributed by atoms with Gasteiger partial charge in [-0.25, -0.2) is 13.1 Å². The Morgan fingerprint density at radius 1 is 1.20 bits per heavy atom. The highest BCUT2D eigenvalue weighted by atomic mass is 32.2. The number of carbonyl (C=O) groups is 1. The summed E-state index contributed by atoms with van der Waals surface area (Å²) < 4.78 is 26.7. The van der Waals surface area contributed by atoms with Crippen molar-refractivity contribution in [2.45, 2.75) is 38.5 Å². The summed E-state index contributed by atoms with van der Waals surface area (Å²) in [6, 6.07) is 6.53. The Morgan fingerprint density at radius 2 is 1.88 bits per heavy atom. The molecule has 2 N–H and O–H groups in total. The molecule has 0 aliphatic rings. The Bertz CT molecular complexity index is 814. The molecule has 1 aromatic heterocycles. The molecule has 2 rings (SSSR count). The van der Waals surface area contributed by atoms with Gasteiger partial charge in [-0.15, -0.1) is 10.2 Å². The second-order valence-corrected chi connectivity index (χ2v) is 8.94. The molecule has 0 saturated carbocycles. The van der Waals surface area contributed by atoms with Crippen LogP contribution in [-0.2, 0) is 21.2 Å². The van der Waals surface area contributed by atoms with E-state index in [-0.39, 0.29) is 23.8 Å². The Labute approximate surface area is 151 Å². The molecular weight excluding hydrogens is 360 g/mol. The third-order valence-electron chi connectivity index (χ3n) is 3.27. The summed E-state index contributed by atoms with van der Waals surface area (Å²) in [5.41, 5.74) is 0.979. The van der Waals surface area contributed by atoms with Gasteiger partial charge in [0, 0.05) is 19.4 Å². The highest BCUT2D eigenvalue weighted by Crippen LogP contribution is 2.18. The maximum absolute atomic E-state index is 12.1. The minimum Gasteiger partial charge on any atom is -0.300 e. The summed E-state index contributed by atoms with van der Waals surface area (Å²) in [5.74, 6) is 0.159. The molecule has 9 heteroatoms. The quantitative estimate of drug-likeness (QED) is 0.730. The summed E-state index contributed by atoms with van der Waals surface area (Å²) in [7, 11) is -3.61. The highest BCUT2D eigenvalue weighted by Gasteiger charge is 2.14. The standard InChI is InChI=1S/C16H22N4O3S2/c1-11(2)10-15-19-20-16(24-15)18-14(21)8-9-17-25(22,23)13-6-4-12(3)5-7-13/h4-7,11,17H,8-10H2,1-3H3,(H,18,20,21). The number of aromatic nitrogens is 2. The van der Waals surface area contributed by atoms with Crippen molar-refractivity contribution in [1.29, 1.82) is 0 Å². The van der Waals surface area contributed by atoms with Crippen molar-refractivity contribution in [1.82, 2.24) is 14.9 Å². The number of rotatable bonds is 8. The largest absolute Gasteiger partial charge is 0.300 e. The van der Waals surface area contributed by atoms with Crippen LogP contribution >= 0.6 is 11.3 Å². The van der Waals surface area contributed by atoms with Crippen molar-refractivity contribution in [2.24, 2.45) is 5.92 Å². The first-order valence-corrected chi connectivity index (χ1v) is 10.2. The van der Waals surface area contributed by atoms with E-state index in [1.807, 2.05) is 6.92 Å². The van der Waals surface area contributed by atoms with Gasteiger partial charge in [0.25, 0.3) is 0 Å². The van der Waals surface area contributed by atoms with Crippen LogP contribution < -0.4 is 10.0 Å². The fourth-order valence-electron chi connectivity index (χ4n) is 2.02. The predicted molar refractivity (Wildman–Crippen MR) is 98.1 cm³/mol. The maximum Gasteiger partial charge on any atom is 0.240 e. The summed E-state index contributed by atoms with van der Waals surface area (Å²) in [6.45, 7) is 6.06. The van der Waals surface area contributed by atoms with Crippen molar-refractivity contribution in [3.8, 4) is 0 Å². The normalized spacial score (nSPS) is 11.7. The van der Waals surface area contributed by atoms with Gasteiger partial charge < -0.3 is 5.32 Å². The molecule has 0 unspecified atom stereocenters. The molecule has 0 fully saturated rings. The second-order valence-electron chi connectivity index (χ2n) is 6.11. The highest BCUT2D eigenvalue weighted by molar-refractivity contribution is 7.89. The van der Waals surface area contributed by atoms with E-state index in [9.17, 15) is 13.2 Å². The van der Waals surface area contributed by atoms with E-state index in [1.165, 1.54) is 23.5 Å². The molecule has 1 aromatic carbocycles. The van der Waals surface area contributed by atoms with Gasteiger partial charge in [0.1, 0.15) is 5.01 Å². The molecule has 7 nitrogen and oxygen atoms in total. The summed E-state index contributed by atoms with van der Waals surface area (Å²) in [6.07, 6.45) is 0.827. The molecular formula is C16H22N4O3S2. The Morgan fingerprint density at radius 3 is 2.52 bits per heavy atom. The molecule has 2 aromatic rings. The molecule has 0 spiro atoms. The third-order valence-corrected chi connectivity index (χ3v) is 5.61. The monoisotopic (exact) mass is 382 g/mol. The van der Waals surface area contributed by atoms with E-state index in [4.69, 9.17) is 0 Å². The Kier molecular flexibility index (Phi) is 6.63. The van der Waals surface area contributed by atoms with E-state index in [2.05, 4.69) is 34.1 Å². The number of hydrogen-bond donors (Lipinski definition) is 2. The zero-order valence-corrected chi connectivity index (χ0v) is 16.1. The van der Waals surface area contributed by atoms with Gasteiger partial charge in [-0.1, -0.05) is 42.9 Å². The van der Waals surface area contributed by atoms with Gasteiger partial charge in [0.15, 0.2) is 0 Å². The van der Waals surface area contributed by atoms with E-state index in [0.29, 0.717) is 11.0 Å². The van der Waals surface area contributed by atoms with Crippen LogP contribution in [0.5, 0.6) is 0 Å². The number of hydrogen-bond acceptors (Lipinski definition) is 6. The van der Waals surface area contributed by atoms with Crippen LogP contribution in [0.1, 0.15) is 30.8 Å². The van der Waals surface area contributed by atoms with Crippen molar-refractivity contribution in [3.63, 3.8) is 0 Å². The topological polar surface area (TPSA) is 101 Å². The van der Waals surface area contributed by atoms with Crippen LogP contribution in [0.15, 0.2) is 29.2 Å². The van der Waals surface area contributed by atoms with Gasteiger partial charge in [-0.2, -0.15) is 0 Å². The number of nitrogens with one attached hydrogen (secondary N) is 2. The van der Waals surface area contributed by atoms with E-state index in [1.54, 1.807) is 12.1 Å². The molecule has 136 valence electrons. The van der Waals surface area contributed by atoms with Crippen molar-refractivity contribution < 1.29 is 13.2 Å². The van der Waals surface area contributed by atoms with E-state index >= 15 is 0 Å². The number of amides is 1. The lowest BCUT2D eigenvalue weighted by Gasteiger charge is -2.06. The molecule has 1 amide bonds. The molecule has 0 radical (unpaired) electrons. The van der Waals surface area contributed by atoms with Gasteiger partial charge in [0.05, 0.1) is 4.90 Å². The number of carbonyl (C=O) groups excluding carboxylic acids is 1. The van der Waals surface area contributed by atoms with Crippen molar-refractivity contribution in [2.75, 3.05) is 11.9 Å². The zero-order chi connectivity index (χ0) is 18.4. The molecule has 0 atom stereocenters. The van der Waals surface area contributed by atoms with Gasteiger partial charge >= 0.3 is 0 Å². The van der Waals surface area contributed by atoms with E-state index in [0.717, 1.165) is 17.0 Å². The second kappa shape index (κ2) is 8.50. The van der Waals surface area contributed by atoms with Crippen molar-refractivity contribution >= 4 is 32.4 Å². The van der Waals surface area contributed by atoms with Crippen LogP contribution in [0.2, 0.25) is 0 Å². The van der Waals surface area contributed by atoms with Gasteiger partial charge in [0.2, 0.25) is 21.1 Å². The SMILES string of the molecule is Cc1ccc(S(=O)(=O)NCCC(=O)Nc2nnc(CC(C)C)s2)cc1. The molecule has 1 heterocycles. The Balaban J connectivity index is 1.81. The van der Waals surface area contributed by atoms with Crippen LogP contribution in [0, 0.1) is 12.8 Å². The summed E-state index contributed by atoms with van der Waals surface area (Å²) >= 11 is 1.33. The number of benzene rings is 1. The average Bonchev–Trinajstić information content (AvgIpc) is 2.93. The molecule has 0 saturated heterocycles. The maximum atomic E-state index is 12.1. The lowest BCUT2D eigenvalue weighted by atomic mass is 10.1. The smallest absolute Gasteiger partial charge is 0.240 e. The number of aryl methyl sites for hydroxylation is 1. The molecule has 0 aliphatic carbocycles. The Hall–Kier alpha value is -1.84. The third kappa shape index (κ3) is 6.18. The molecule has 0 aliphatic heterocycles.